The highest BCUT2D eigenvalue weighted by molar-refractivity contribution is 5.78. The molecule has 1 aromatic rings. The molecule has 0 aromatic carbocycles. The van der Waals surface area contributed by atoms with Crippen molar-refractivity contribution < 1.29 is 4.79 Å². The number of carbonyl (C=O) groups is 1. The van der Waals surface area contributed by atoms with E-state index < -0.39 is 0 Å². The lowest BCUT2D eigenvalue weighted by atomic mass is 9.74. The number of rotatable bonds is 2. The van der Waals surface area contributed by atoms with Gasteiger partial charge in [0.1, 0.15) is 0 Å². The number of aromatic nitrogens is 2. The van der Waals surface area contributed by atoms with Gasteiger partial charge >= 0.3 is 0 Å². The molecule has 0 radical (unpaired) electrons. The van der Waals surface area contributed by atoms with E-state index in [0.717, 1.165) is 12.8 Å². The van der Waals surface area contributed by atoms with Crippen molar-refractivity contribution in [1.82, 2.24) is 15.1 Å². The number of amides is 1. The highest BCUT2D eigenvalue weighted by Gasteiger charge is 2.35. The Morgan fingerprint density at radius 2 is 2.22 bits per heavy atom. The lowest BCUT2D eigenvalue weighted by Crippen LogP contribution is -2.38. The summed E-state index contributed by atoms with van der Waals surface area (Å²) in [5.41, 5.74) is 2.64. The number of hydrogen-bond acceptors (Lipinski definition) is 2. The predicted octanol–water partition coefficient (Wildman–Crippen LogP) is 2.21. The minimum atomic E-state index is 0.0233. The van der Waals surface area contributed by atoms with E-state index >= 15 is 0 Å². The average Bonchev–Trinajstić information content (AvgIpc) is 2.59. The van der Waals surface area contributed by atoms with Crippen LogP contribution in [0.1, 0.15) is 51.4 Å². The Hall–Kier alpha value is -1.32. The van der Waals surface area contributed by atoms with Gasteiger partial charge in [0.15, 0.2) is 0 Å². The van der Waals surface area contributed by atoms with Crippen LogP contribution in [-0.2, 0) is 18.3 Å². The monoisotopic (exact) mass is 249 g/mol. The molecule has 1 aromatic heterocycles. The second kappa shape index (κ2) is 4.41. The summed E-state index contributed by atoms with van der Waals surface area (Å²) in [6.45, 7) is 8.34. The SMILES string of the molecule is CC(C)C(=O)N[C@@H]1CC(C)(C)Cc2c1cnn2C. The second-order valence-electron chi connectivity index (χ2n) is 6.43. The molecular formula is C14H23N3O. The first-order valence-corrected chi connectivity index (χ1v) is 6.61. The highest BCUT2D eigenvalue weighted by Crippen LogP contribution is 2.40. The summed E-state index contributed by atoms with van der Waals surface area (Å²) in [4.78, 5) is 11.9. The van der Waals surface area contributed by atoms with E-state index in [4.69, 9.17) is 0 Å². The van der Waals surface area contributed by atoms with E-state index in [1.165, 1.54) is 11.3 Å². The van der Waals surface area contributed by atoms with E-state index in [1.54, 1.807) is 0 Å². The molecule has 1 N–H and O–H groups in total. The number of aryl methyl sites for hydroxylation is 1. The van der Waals surface area contributed by atoms with Crippen LogP contribution in [0, 0.1) is 11.3 Å². The number of carbonyl (C=O) groups excluding carboxylic acids is 1. The molecule has 1 aliphatic rings. The molecule has 4 nitrogen and oxygen atoms in total. The molecule has 2 rings (SSSR count). The van der Waals surface area contributed by atoms with Gasteiger partial charge in [-0.05, 0) is 18.3 Å². The normalized spacial score (nSPS) is 21.8. The molecule has 18 heavy (non-hydrogen) atoms. The van der Waals surface area contributed by atoms with E-state index in [-0.39, 0.29) is 23.3 Å². The van der Waals surface area contributed by atoms with Crippen LogP contribution >= 0.6 is 0 Å². The van der Waals surface area contributed by atoms with Crippen LogP contribution in [0.25, 0.3) is 0 Å². The average molecular weight is 249 g/mol. The van der Waals surface area contributed by atoms with E-state index in [0.29, 0.717) is 0 Å². The molecular weight excluding hydrogens is 226 g/mol. The first-order chi connectivity index (χ1) is 8.30. The molecule has 1 atom stereocenters. The minimum absolute atomic E-state index is 0.0233. The van der Waals surface area contributed by atoms with Gasteiger partial charge in [-0.25, -0.2) is 0 Å². The van der Waals surface area contributed by atoms with Gasteiger partial charge in [-0.1, -0.05) is 27.7 Å². The van der Waals surface area contributed by atoms with Crippen LogP contribution < -0.4 is 5.32 Å². The quantitative estimate of drug-likeness (QED) is 0.873. The van der Waals surface area contributed by atoms with Crippen LogP contribution in [0.4, 0.5) is 0 Å². The van der Waals surface area contributed by atoms with Crippen molar-refractivity contribution in [3.8, 4) is 0 Å². The molecule has 1 heterocycles. The zero-order valence-electron chi connectivity index (χ0n) is 11.9. The maximum Gasteiger partial charge on any atom is 0.223 e. The Morgan fingerprint density at radius 3 is 2.83 bits per heavy atom. The summed E-state index contributed by atoms with van der Waals surface area (Å²) in [5, 5.41) is 7.48. The maximum atomic E-state index is 11.9. The van der Waals surface area contributed by atoms with E-state index in [9.17, 15) is 4.79 Å². The molecule has 0 saturated carbocycles. The summed E-state index contributed by atoms with van der Waals surface area (Å²) in [5.74, 6) is 0.141. The van der Waals surface area contributed by atoms with Crippen LogP contribution in [0.5, 0.6) is 0 Å². The van der Waals surface area contributed by atoms with Gasteiger partial charge in [-0.3, -0.25) is 9.48 Å². The lowest BCUT2D eigenvalue weighted by Gasteiger charge is -2.36. The van der Waals surface area contributed by atoms with Gasteiger partial charge in [0.05, 0.1) is 12.2 Å². The molecule has 0 aliphatic heterocycles. The Balaban J connectivity index is 2.28. The topological polar surface area (TPSA) is 46.9 Å². The summed E-state index contributed by atoms with van der Waals surface area (Å²) >= 11 is 0. The molecule has 4 heteroatoms. The van der Waals surface area contributed by atoms with Gasteiger partial charge in [0.25, 0.3) is 0 Å². The van der Waals surface area contributed by atoms with Gasteiger partial charge in [-0.2, -0.15) is 5.10 Å². The smallest absolute Gasteiger partial charge is 0.223 e. The Morgan fingerprint density at radius 1 is 1.56 bits per heavy atom. The fourth-order valence-electron chi connectivity index (χ4n) is 2.64. The summed E-state index contributed by atoms with van der Waals surface area (Å²) < 4.78 is 1.94. The molecule has 0 saturated heterocycles. The van der Waals surface area contributed by atoms with Crippen molar-refractivity contribution in [1.29, 1.82) is 0 Å². The van der Waals surface area contributed by atoms with Gasteiger partial charge < -0.3 is 5.32 Å². The van der Waals surface area contributed by atoms with Crippen LogP contribution in [-0.4, -0.2) is 15.7 Å². The first kappa shape index (κ1) is 13.1. The Kier molecular flexibility index (Phi) is 3.21. The molecule has 0 spiro atoms. The van der Waals surface area contributed by atoms with Crippen molar-refractivity contribution in [3.05, 3.63) is 17.5 Å². The summed E-state index contributed by atoms with van der Waals surface area (Å²) in [6.07, 6.45) is 3.90. The molecule has 0 unspecified atom stereocenters. The lowest BCUT2D eigenvalue weighted by molar-refractivity contribution is -0.125. The number of nitrogens with zero attached hydrogens (tertiary/aromatic N) is 2. The summed E-state index contributed by atoms with van der Waals surface area (Å²) in [6, 6.07) is 0.104. The highest BCUT2D eigenvalue weighted by atomic mass is 16.1. The Bertz CT molecular complexity index is 460. The van der Waals surface area contributed by atoms with Crippen LogP contribution in [0.3, 0.4) is 0 Å². The van der Waals surface area contributed by atoms with Crippen molar-refractivity contribution in [3.63, 3.8) is 0 Å². The molecule has 1 amide bonds. The minimum Gasteiger partial charge on any atom is -0.349 e. The van der Waals surface area contributed by atoms with Crippen LogP contribution in [0.15, 0.2) is 6.20 Å². The van der Waals surface area contributed by atoms with E-state index in [2.05, 4.69) is 24.3 Å². The van der Waals surface area contributed by atoms with Gasteiger partial charge in [0.2, 0.25) is 5.91 Å². The molecule has 0 bridgehead atoms. The third kappa shape index (κ3) is 2.42. The summed E-state index contributed by atoms with van der Waals surface area (Å²) in [7, 11) is 1.97. The zero-order chi connectivity index (χ0) is 13.5. The third-order valence-corrected chi connectivity index (χ3v) is 3.71. The zero-order valence-corrected chi connectivity index (χ0v) is 11.9. The predicted molar refractivity (Wildman–Crippen MR) is 71.0 cm³/mol. The van der Waals surface area contributed by atoms with Crippen LogP contribution in [0.2, 0.25) is 0 Å². The number of nitrogens with one attached hydrogen (secondary N) is 1. The molecule has 100 valence electrons. The largest absolute Gasteiger partial charge is 0.349 e. The standard InChI is InChI=1S/C14H23N3O/c1-9(2)13(18)16-11-6-14(3,4)7-12-10(11)8-15-17(12)5/h8-9,11H,6-7H2,1-5H3,(H,16,18)/t11-/m1/s1. The fourth-order valence-corrected chi connectivity index (χ4v) is 2.64. The van der Waals surface area contributed by atoms with Crippen molar-refractivity contribution in [2.75, 3.05) is 0 Å². The van der Waals surface area contributed by atoms with Gasteiger partial charge in [0, 0.05) is 24.2 Å². The first-order valence-electron chi connectivity index (χ1n) is 6.61. The number of hydrogen-bond donors (Lipinski definition) is 1. The van der Waals surface area contributed by atoms with Crippen molar-refractivity contribution >= 4 is 5.91 Å². The Labute approximate surface area is 109 Å². The number of fused-ring (bicyclic) bond motifs is 1. The third-order valence-electron chi connectivity index (χ3n) is 3.71. The van der Waals surface area contributed by atoms with E-state index in [1.807, 2.05) is 31.8 Å². The molecule has 1 aliphatic carbocycles. The maximum absolute atomic E-state index is 11.9. The second-order valence-corrected chi connectivity index (χ2v) is 6.43. The molecule has 0 fully saturated rings. The van der Waals surface area contributed by atoms with Crippen molar-refractivity contribution in [2.24, 2.45) is 18.4 Å². The van der Waals surface area contributed by atoms with Crippen molar-refractivity contribution in [2.45, 2.75) is 46.6 Å². The van der Waals surface area contributed by atoms with Gasteiger partial charge in [-0.15, -0.1) is 0 Å². The fraction of sp³-hybridized carbons (Fsp3) is 0.714.